The Kier molecular flexibility index (Phi) is 8.61. The number of methoxy groups -OCH3 is 1. The van der Waals surface area contributed by atoms with E-state index < -0.39 is 0 Å². The summed E-state index contributed by atoms with van der Waals surface area (Å²) < 4.78 is 4.86. The van der Waals surface area contributed by atoms with Gasteiger partial charge in [-0.3, -0.25) is 4.98 Å². The molecule has 1 heterocycles. The molecule has 4 heteroatoms. The monoisotopic (exact) mass is 225 g/mol. The fourth-order valence-corrected chi connectivity index (χ4v) is 0.582. The van der Waals surface area contributed by atoms with E-state index in [1.54, 1.807) is 19.2 Å². The minimum absolute atomic E-state index is 0. The number of nitrogens with zero attached hydrogens (tertiary/aromatic N) is 1. The molecule has 0 unspecified atom stereocenters. The van der Waals surface area contributed by atoms with Crippen molar-refractivity contribution in [3.63, 3.8) is 0 Å². The van der Waals surface area contributed by atoms with E-state index in [-0.39, 0.29) is 40.0 Å². The van der Waals surface area contributed by atoms with Crippen LogP contribution in [-0.2, 0) is 0 Å². The van der Waals surface area contributed by atoms with Gasteiger partial charge >= 0.3 is 23.1 Å². The van der Waals surface area contributed by atoms with Crippen LogP contribution in [0.2, 0.25) is 0 Å². The Bertz CT molecular complexity index is 207. The van der Waals surface area contributed by atoms with Gasteiger partial charge in [0.05, 0.1) is 7.11 Å². The first kappa shape index (κ1) is 13.8. The van der Waals surface area contributed by atoms with Gasteiger partial charge in [-0.25, -0.2) is 12.1 Å². The minimum Gasteiger partial charge on any atom is -1.00 e. The van der Waals surface area contributed by atoms with Crippen LogP contribution in [0.4, 0.5) is 0 Å². The van der Waals surface area contributed by atoms with Gasteiger partial charge in [-0.15, -0.1) is 6.07 Å². The number of pyridine rings is 1. The smallest absolute Gasteiger partial charge is 1.00 e. The Morgan fingerprint density at radius 3 is 2.55 bits per heavy atom. The third kappa shape index (κ3) is 4.60. The Morgan fingerprint density at radius 1 is 1.55 bits per heavy atom. The summed E-state index contributed by atoms with van der Waals surface area (Å²) in [4.78, 5) is 4.01. The number of rotatable bonds is 1. The van der Waals surface area contributed by atoms with Gasteiger partial charge in [-0.2, -0.15) is 0 Å². The summed E-state index contributed by atoms with van der Waals surface area (Å²) >= 11 is 0. The maximum absolute atomic E-state index is 4.86. The van der Waals surface area contributed by atoms with Crippen LogP contribution in [0.1, 0.15) is 5.69 Å². The van der Waals surface area contributed by atoms with Crippen LogP contribution in [0.25, 0.3) is 0 Å². The predicted molar refractivity (Wildman–Crippen MR) is 40.1 cm³/mol. The van der Waals surface area contributed by atoms with Crippen molar-refractivity contribution in [3.8, 4) is 5.88 Å². The largest absolute Gasteiger partial charge is 2.00 e. The van der Waals surface area contributed by atoms with E-state index in [4.69, 9.17) is 4.74 Å². The summed E-state index contributed by atoms with van der Waals surface area (Å²) in [6, 6.07) is 6.48. The van der Waals surface area contributed by atoms with E-state index in [0.717, 1.165) is 5.69 Å². The molecule has 56 valence electrons. The van der Waals surface area contributed by atoms with Gasteiger partial charge in [0.1, 0.15) is 5.88 Å². The van der Waals surface area contributed by atoms with Crippen molar-refractivity contribution < 1.29 is 21.7 Å². The zero-order valence-corrected chi connectivity index (χ0v) is 9.60. The Balaban J connectivity index is 0. The summed E-state index contributed by atoms with van der Waals surface area (Å²) in [5, 5.41) is 0. The van der Waals surface area contributed by atoms with E-state index in [1.807, 2.05) is 6.92 Å². The van der Waals surface area contributed by atoms with Crippen LogP contribution in [0.5, 0.6) is 5.88 Å². The molecule has 0 saturated heterocycles. The van der Waals surface area contributed by atoms with Crippen molar-refractivity contribution in [3.05, 3.63) is 23.9 Å². The van der Waals surface area contributed by atoms with Crippen LogP contribution in [-0.4, -0.2) is 35.1 Å². The van der Waals surface area contributed by atoms with E-state index in [1.165, 1.54) is 0 Å². The summed E-state index contributed by atoms with van der Waals surface area (Å²) in [7, 11) is 1.60. The first-order valence-corrected chi connectivity index (χ1v) is 2.72. The molecule has 11 heavy (non-hydrogen) atoms. The molecule has 1 rings (SSSR count). The molecule has 0 spiro atoms. The molecule has 0 aliphatic rings. The second-order valence-electron chi connectivity index (χ2n) is 1.72. The second-order valence-corrected chi connectivity index (χ2v) is 1.72. The van der Waals surface area contributed by atoms with Crippen molar-refractivity contribution in [1.82, 2.24) is 4.98 Å². The maximum atomic E-state index is 4.86. The third-order valence-electron chi connectivity index (χ3n) is 1.01. The molecule has 0 radical (unpaired) electrons. The first-order chi connectivity index (χ1) is 4.33. The third-order valence-corrected chi connectivity index (χ3v) is 1.01. The van der Waals surface area contributed by atoms with Crippen LogP contribution < -0.4 is 21.7 Å². The van der Waals surface area contributed by atoms with E-state index in [0.29, 0.717) is 5.88 Å². The first-order valence-electron chi connectivity index (χ1n) is 2.72. The molecule has 1 aromatic heterocycles. The average molecular weight is 226 g/mol. The number of hydrogen-bond donors (Lipinski definition) is 0. The fourth-order valence-electron chi connectivity index (χ4n) is 0.582. The Hall–Kier alpha value is 0.196. The van der Waals surface area contributed by atoms with Crippen LogP contribution in [0.3, 0.4) is 0 Å². The quantitative estimate of drug-likeness (QED) is 0.401. The molecule has 0 fully saturated rings. The molecule has 2 nitrogen and oxygen atoms in total. The Morgan fingerprint density at radius 2 is 2.18 bits per heavy atom. The van der Waals surface area contributed by atoms with Crippen LogP contribution >= 0.6 is 0 Å². The van der Waals surface area contributed by atoms with Gasteiger partial charge in [-0.05, 0) is 6.92 Å². The number of aryl methyl sites for hydroxylation is 1. The number of hydrogen-bond acceptors (Lipinski definition) is 2. The van der Waals surface area contributed by atoms with Crippen LogP contribution in [0, 0.1) is 13.0 Å². The molecule has 0 aliphatic heterocycles. The maximum Gasteiger partial charge on any atom is 2.00 e. The molecule has 0 amide bonds. The van der Waals surface area contributed by atoms with E-state index in [9.17, 15) is 0 Å². The van der Waals surface area contributed by atoms with Gasteiger partial charge in [0, 0.05) is 0 Å². The number of ether oxygens (including phenoxy) is 1. The van der Waals surface area contributed by atoms with Crippen molar-refractivity contribution in [2.24, 2.45) is 0 Å². The van der Waals surface area contributed by atoms with E-state index in [2.05, 4.69) is 11.1 Å². The van der Waals surface area contributed by atoms with Gasteiger partial charge in [0.25, 0.3) is 0 Å². The van der Waals surface area contributed by atoms with Gasteiger partial charge in [-0.1, -0.05) is 5.69 Å². The topological polar surface area (TPSA) is 22.1 Å². The summed E-state index contributed by atoms with van der Waals surface area (Å²) in [5.41, 5.74) is 0.856. The SMILES string of the molecule is COc1cc[c-]c(C)n1.[Br-].[Mg+2]. The summed E-state index contributed by atoms with van der Waals surface area (Å²) in [6.45, 7) is 1.88. The van der Waals surface area contributed by atoms with Crippen molar-refractivity contribution in [1.29, 1.82) is 0 Å². The normalized spacial score (nSPS) is 7.45. The summed E-state index contributed by atoms with van der Waals surface area (Å²) in [6.07, 6.45) is 0. The van der Waals surface area contributed by atoms with Crippen molar-refractivity contribution >= 4 is 23.1 Å². The number of aromatic nitrogens is 1. The Labute approximate surface area is 93.3 Å². The average Bonchev–Trinajstić information content (AvgIpc) is 1.88. The molecule has 0 N–H and O–H groups in total. The van der Waals surface area contributed by atoms with Crippen molar-refractivity contribution in [2.75, 3.05) is 7.11 Å². The molecule has 0 atom stereocenters. The van der Waals surface area contributed by atoms with Crippen LogP contribution in [0.15, 0.2) is 12.1 Å². The summed E-state index contributed by atoms with van der Waals surface area (Å²) in [5.74, 6) is 0.645. The van der Waals surface area contributed by atoms with Crippen molar-refractivity contribution in [2.45, 2.75) is 6.92 Å². The predicted octanol–water partition coefficient (Wildman–Crippen LogP) is -2.18. The molecular formula is C7H8BrMgNO. The molecular weight excluding hydrogens is 218 g/mol. The van der Waals surface area contributed by atoms with Gasteiger partial charge in [0.15, 0.2) is 0 Å². The minimum atomic E-state index is 0. The second kappa shape index (κ2) is 6.88. The molecule has 1 aromatic rings. The molecule has 0 aromatic carbocycles. The molecule has 0 saturated carbocycles. The van der Waals surface area contributed by atoms with Gasteiger partial charge in [0.2, 0.25) is 0 Å². The van der Waals surface area contributed by atoms with E-state index >= 15 is 0 Å². The molecule has 0 aliphatic carbocycles. The fraction of sp³-hybridized carbons (Fsp3) is 0.286. The zero-order chi connectivity index (χ0) is 6.69. The molecule has 0 bridgehead atoms. The van der Waals surface area contributed by atoms with Gasteiger partial charge < -0.3 is 21.7 Å². The zero-order valence-electron chi connectivity index (χ0n) is 6.60. The number of halogens is 1. The standard InChI is InChI=1S/C7H8NO.BrH.Mg/c1-6-4-3-5-7(8-6)9-2;;/h3,5H,1-2H3;1H;/q-1;;+2/p-1.